The van der Waals surface area contributed by atoms with Crippen molar-refractivity contribution in [1.82, 2.24) is 14.9 Å². The van der Waals surface area contributed by atoms with Crippen LogP contribution in [0.1, 0.15) is 29.6 Å². The molecule has 4 heterocycles. The van der Waals surface area contributed by atoms with Crippen molar-refractivity contribution in [2.24, 2.45) is 11.1 Å². The second-order valence-corrected chi connectivity index (χ2v) is 8.22. The molecule has 2 amide bonds. The Balaban J connectivity index is 1.51. The van der Waals surface area contributed by atoms with E-state index in [1.54, 1.807) is 6.20 Å². The van der Waals surface area contributed by atoms with Crippen molar-refractivity contribution in [3.05, 3.63) is 36.0 Å². The van der Waals surface area contributed by atoms with E-state index in [1.807, 2.05) is 24.3 Å². The Bertz CT molecular complexity index is 1130. The number of H-pyrrole nitrogens is 1. The molecule has 2 aliphatic rings. The molecule has 2 saturated heterocycles. The third kappa shape index (κ3) is 2.78. The molecule has 2 aromatic heterocycles. The van der Waals surface area contributed by atoms with Gasteiger partial charge in [-0.05, 0) is 30.7 Å². The highest BCUT2D eigenvalue weighted by molar-refractivity contribution is 6.18. The number of pyridine rings is 1. The molecule has 3 aromatic rings. The lowest BCUT2D eigenvalue weighted by atomic mass is 9.77. The van der Waals surface area contributed by atoms with Crippen molar-refractivity contribution in [1.29, 1.82) is 0 Å². The quantitative estimate of drug-likeness (QED) is 0.619. The van der Waals surface area contributed by atoms with Gasteiger partial charge in [-0.15, -0.1) is 0 Å². The summed E-state index contributed by atoms with van der Waals surface area (Å²) in [4.78, 5) is 35.0. The number of aromatic nitrogens is 2. The van der Waals surface area contributed by atoms with Crippen molar-refractivity contribution in [3.63, 3.8) is 0 Å². The summed E-state index contributed by atoms with van der Waals surface area (Å²) in [7, 11) is 0. The fourth-order valence-electron chi connectivity index (χ4n) is 4.96. The summed E-state index contributed by atoms with van der Waals surface area (Å²) in [5, 5.41) is 11.2. The highest BCUT2D eigenvalue weighted by Crippen LogP contribution is 2.43. The molecule has 1 spiro atoms. The first-order valence-electron chi connectivity index (χ1n) is 9.89. The number of hydrogen-bond acceptors (Lipinski definition) is 4. The first kappa shape index (κ1) is 17.8. The molecule has 0 radical (unpaired) electrons. The van der Waals surface area contributed by atoms with Crippen molar-refractivity contribution in [2.45, 2.75) is 19.3 Å². The van der Waals surface area contributed by atoms with Gasteiger partial charge in [0.15, 0.2) is 0 Å². The van der Waals surface area contributed by atoms with Gasteiger partial charge in [-0.3, -0.25) is 4.79 Å². The Morgan fingerprint density at radius 2 is 1.86 bits per heavy atom. The third-order valence-electron chi connectivity index (χ3n) is 6.61. The van der Waals surface area contributed by atoms with E-state index < -0.39 is 12.0 Å². The lowest BCUT2D eigenvalue weighted by Crippen LogP contribution is -2.42. The topological polar surface area (TPSA) is 116 Å². The number of carbonyl (C=O) groups excluding carboxylic acids is 1. The lowest BCUT2D eigenvalue weighted by molar-refractivity contribution is 0.100. The van der Waals surface area contributed by atoms with Crippen LogP contribution in [0.2, 0.25) is 0 Å². The number of nitrogens with one attached hydrogen (secondary N) is 1. The average molecular weight is 393 g/mol. The van der Waals surface area contributed by atoms with Gasteiger partial charge in [-0.1, -0.05) is 18.2 Å². The summed E-state index contributed by atoms with van der Waals surface area (Å²) in [5.74, 6) is 0.350. The number of rotatable bonds is 2. The number of amides is 2. The number of nitrogens with two attached hydrogens (primary N) is 1. The van der Waals surface area contributed by atoms with Crippen LogP contribution < -0.4 is 10.6 Å². The van der Waals surface area contributed by atoms with E-state index in [4.69, 9.17) is 5.73 Å². The predicted molar refractivity (Wildman–Crippen MR) is 110 cm³/mol. The number of carboxylic acid groups (broad SMARTS) is 1. The molecule has 1 aromatic carbocycles. The smallest absolute Gasteiger partial charge is 0.407 e. The van der Waals surface area contributed by atoms with Gasteiger partial charge in [0.1, 0.15) is 5.82 Å². The van der Waals surface area contributed by atoms with Crippen LogP contribution in [0.4, 0.5) is 10.6 Å². The zero-order valence-electron chi connectivity index (χ0n) is 16.0. The molecule has 150 valence electrons. The number of para-hydroxylation sites is 1. The maximum atomic E-state index is 11.9. The number of carbonyl (C=O) groups is 2. The zero-order chi connectivity index (χ0) is 20.2. The Labute approximate surface area is 167 Å². The molecule has 0 saturated carbocycles. The number of benzene rings is 1. The summed E-state index contributed by atoms with van der Waals surface area (Å²) in [5.41, 5.74) is 7.71. The first-order chi connectivity index (χ1) is 14.0. The van der Waals surface area contributed by atoms with E-state index in [0.29, 0.717) is 18.7 Å². The lowest BCUT2D eigenvalue weighted by Gasteiger charge is -2.39. The molecule has 0 bridgehead atoms. The number of primary amides is 1. The van der Waals surface area contributed by atoms with Gasteiger partial charge in [-0.25, -0.2) is 9.78 Å². The van der Waals surface area contributed by atoms with Crippen molar-refractivity contribution in [2.75, 3.05) is 31.1 Å². The molecule has 0 unspecified atom stereocenters. The number of likely N-dealkylation sites (tertiary alicyclic amines) is 1. The molecule has 0 aliphatic carbocycles. The Morgan fingerprint density at radius 3 is 2.55 bits per heavy atom. The predicted octanol–water partition coefficient (Wildman–Crippen LogP) is 2.79. The number of anilines is 1. The zero-order valence-corrected chi connectivity index (χ0v) is 16.0. The SMILES string of the molecule is NC(=O)c1cnc(N2CCC3(CCN(C(=O)O)C3)CC2)c2c1[nH]c1ccccc12. The van der Waals surface area contributed by atoms with Crippen LogP contribution in [0.25, 0.3) is 21.8 Å². The fourth-order valence-corrected chi connectivity index (χ4v) is 4.96. The molecule has 2 aliphatic heterocycles. The average Bonchev–Trinajstić information content (AvgIpc) is 3.30. The summed E-state index contributed by atoms with van der Waals surface area (Å²) < 4.78 is 0. The molecule has 5 rings (SSSR count). The van der Waals surface area contributed by atoms with E-state index in [1.165, 1.54) is 4.90 Å². The minimum Gasteiger partial charge on any atom is -0.465 e. The second kappa shape index (κ2) is 6.37. The fraction of sp³-hybridized carbons (Fsp3) is 0.381. The van der Waals surface area contributed by atoms with Crippen LogP contribution in [-0.4, -0.2) is 58.2 Å². The summed E-state index contributed by atoms with van der Waals surface area (Å²) in [6.45, 7) is 2.86. The normalized spacial score (nSPS) is 18.8. The van der Waals surface area contributed by atoms with Gasteiger partial charge in [-0.2, -0.15) is 0 Å². The Hall–Kier alpha value is -3.29. The largest absolute Gasteiger partial charge is 0.465 e. The van der Waals surface area contributed by atoms with Gasteiger partial charge in [0.2, 0.25) is 0 Å². The third-order valence-corrected chi connectivity index (χ3v) is 6.61. The molecule has 8 nitrogen and oxygen atoms in total. The first-order valence-corrected chi connectivity index (χ1v) is 9.89. The van der Waals surface area contributed by atoms with Gasteiger partial charge >= 0.3 is 6.09 Å². The van der Waals surface area contributed by atoms with Crippen molar-refractivity contribution >= 4 is 39.6 Å². The molecular weight excluding hydrogens is 370 g/mol. The summed E-state index contributed by atoms with van der Waals surface area (Å²) >= 11 is 0. The van der Waals surface area contributed by atoms with Crippen LogP contribution in [0.15, 0.2) is 30.5 Å². The highest BCUT2D eigenvalue weighted by atomic mass is 16.4. The van der Waals surface area contributed by atoms with E-state index in [9.17, 15) is 14.7 Å². The number of aromatic amines is 1. The number of hydrogen-bond donors (Lipinski definition) is 3. The number of nitrogens with zero attached hydrogens (tertiary/aromatic N) is 3. The second-order valence-electron chi connectivity index (χ2n) is 8.22. The minimum atomic E-state index is -0.825. The van der Waals surface area contributed by atoms with Crippen LogP contribution in [0.5, 0.6) is 0 Å². The van der Waals surface area contributed by atoms with Gasteiger partial charge < -0.3 is 25.6 Å². The highest BCUT2D eigenvalue weighted by Gasteiger charge is 2.42. The summed E-state index contributed by atoms with van der Waals surface area (Å²) in [6, 6.07) is 7.93. The minimum absolute atomic E-state index is 0.0708. The van der Waals surface area contributed by atoms with E-state index in [0.717, 1.165) is 60.0 Å². The number of piperidine rings is 1. The monoisotopic (exact) mass is 393 g/mol. The van der Waals surface area contributed by atoms with Crippen molar-refractivity contribution in [3.8, 4) is 0 Å². The van der Waals surface area contributed by atoms with Crippen molar-refractivity contribution < 1.29 is 14.7 Å². The molecule has 2 fully saturated rings. The standard InChI is InChI=1S/C21H23N5O3/c22-18(27)14-11-23-19(16-13-3-1-2-4-15(13)24-17(14)16)25-8-5-21(6-9-25)7-10-26(12-21)20(28)29/h1-4,11,24H,5-10,12H2,(H2,22,27)(H,28,29). The van der Waals surface area contributed by atoms with Crippen LogP contribution >= 0.6 is 0 Å². The van der Waals surface area contributed by atoms with Crippen LogP contribution in [0, 0.1) is 5.41 Å². The maximum Gasteiger partial charge on any atom is 0.407 e. The molecule has 29 heavy (non-hydrogen) atoms. The number of fused-ring (bicyclic) bond motifs is 3. The maximum absolute atomic E-state index is 11.9. The molecular formula is C21H23N5O3. The molecule has 0 atom stereocenters. The van der Waals surface area contributed by atoms with Crippen LogP contribution in [0.3, 0.4) is 0 Å². The van der Waals surface area contributed by atoms with E-state index in [-0.39, 0.29) is 5.41 Å². The Morgan fingerprint density at radius 1 is 1.14 bits per heavy atom. The van der Waals surface area contributed by atoms with E-state index >= 15 is 0 Å². The van der Waals surface area contributed by atoms with Gasteiger partial charge in [0.25, 0.3) is 5.91 Å². The van der Waals surface area contributed by atoms with Gasteiger partial charge in [0.05, 0.1) is 16.5 Å². The molecule has 8 heteroatoms. The molecule has 4 N–H and O–H groups in total. The van der Waals surface area contributed by atoms with E-state index in [2.05, 4.69) is 14.9 Å². The van der Waals surface area contributed by atoms with Crippen LogP contribution in [-0.2, 0) is 0 Å². The Kier molecular flexibility index (Phi) is 3.90. The van der Waals surface area contributed by atoms with Gasteiger partial charge in [0, 0.05) is 43.3 Å². The summed E-state index contributed by atoms with van der Waals surface area (Å²) in [6.07, 6.45) is 3.51.